The quantitative estimate of drug-likeness (QED) is 0.679. The molecule has 0 fully saturated rings. The van der Waals surface area contributed by atoms with Crippen LogP contribution in [0.3, 0.4) is 0 Å². The van der Waals surface area contributed by atoms with E-state index in [-0.39, 0.29) is 6.10 Å². The van der Waals surface area contributed by atoms with Gasteiger partial charge in [-0.15, -0.1) is 0 Å². The average Bonchev–Trinajstić information content (AvgIpc) is 2.41. The monoisotopic (exact) mass is 279 g/mol. The molecule has 2 N–H and O–H groups in total. The molecule has 0 amide bonds. The van der Waals surface area contributed by atoms with E-state index in [2.05, 4.69) is 38.2 Å². The Bertz CT molecular complexity index is 360. The first kappa shape index (κ1) is 17.0. The molecule has 1 aromatic carbocycles. The Labute approximate surface area is 123 Å². The molecular weight excluding hydrogens is 250 g/mol. The molecule has 0 aromatic heterocycles. The van der Waals surface area contributed by atoms with Gasteiger partial charge >= 0.3 is 0 Å². The maximum Gasteiger partial charge on any atom is 0.119 e. The molecule has 0 bridgehead atoms. The summed E-state index contributed by atoms with van der Waals surface area (Å²) < 4.78 is 5.68. The summed E-state index contributed by atoms with van der Waals surface area (Å²) in [6.07, 6.45) is 1.64. The predicted molar refractivity (Wildman–Crippen MR) is 84.1 cm³/mol. The van der Waals surface area contributed by atoms with Crippen molar-refractivity contribution >= 4 is 0 Å². The molecule has 2 unspecified atom stereocenters. The summed E-state index contributed by atoms with van der Waals surface area (Å²) in [6.45, 7) is 9.97. The molecule has 3 heteroatoms. The third kappa shape index (κ3) is 6.92. The van der Waals surface area contributed by atoms with Crippen LogP contribution < -0.4 is 10.1 Å². The lowest BCUT2D eigenvalue weighted by Crippen LogP contribution is -2.20. The van der Waals surface area contributed by atoms with Crippen LogP contribution in [0.25, 0.3) is 0 Å². The average molecular weight is 279 g/mol. The van der Waals surface area contributed by atoms with Crippen molar-refractivity contribution in [3.63, 3.8) is 0 Å². The lowest BCUT2D eigenvalue weighted by molar-refractivity contribution is 0.181. The van der Waals surface area contributed by atoms with Gasteiger partial charge in [-0.25, -0.2) is 0 Å². The number of nitrogens with one attached hydrogen (secondary N) is 1. The van der Waals surface area contributed by atoms with E-state index in [0.717, 1.165) is 31.7 Å². The highest BCUT2D eigenvalue weighted by molar-refractivity contribution is 5.28. The van der Waals surface area contributed by atoms with Gasteiger partial charge < -0.3 is 15.2 Å². The van der Waals surface area contributed by atoms with E-state index in [1.54, 1.807) is 0 Å². The van der Waals surface area contributed by atoms with E-state index < -0.39 is 0 Å². The molecule has 3 nitrogen and oxygen atoms in total. The van der Waals surface area contributed by atoms with E-state index in [4.69, 9.17) is 4.74 Å². The minimum Gasteiger partial charge on any atom is -0.493 e. The Morgan fingerprint density at radius 1 is 1.10 bits per heavy atom. The van der Waals surface area contributed by atoms with Crippen molar-refractivity contribution in [2.75, 3.05) is 13.2 Å². The van der Waals surface area contributed by atoms with Gasteiger partial charge in [0.15, 0.2) is 0 Å². The first-order valence-corrected chi connectivity index (χ1v) is 7.63. The van der Waals surface area contributed by atoms with Crippen LogP contribution in [0.5, 0.6) is 5.75 Å². The summed E-state index contributed by atoms with van der Waals surface area (Å²) in [5.74, 6) is 1.48. The number of benzene rings is 1. The summed E-state index contributed by atoms with van der Waals surface area (Å²) in [4.78, 5) is 0. The van der Waals surface area contributed by atoms with Crippen molar-refractivity contribution in [3.8, 4) is 5.75 Å². The third-order valence-electron chi connectivity index (χ3n) is 3.21. The Morgan fingerprint density at radius 2 is 1.75 bits per heavy atom. The number of aliphatic hydroxyl groups excluding tert-OH is 1. The smallest absolute Gasteiger partial charge is 0.119 e. The second-order valence-corrected chi connectivity index (χ2v) is 5.94. The van der Waals surface area contributed by atoms with Crippen molar-refractivity contribution in [2.45, 2.75) is 52.7 Å². The maximum absolute atomic E-state index is 9.21. The normalized spacial score (nSPS) is 14.3. The lowest BCUT2D eigenvalue weighted by atomic mass is 10.1. The first-order valence-electron chi connectivity index (χ1n) is 7.63. The highest BCUT2D eigenvalue weighted by Gasteiger charge is 2.05. The van der Waals surface area contributed by atoms with Gasteiger partial charge in [0, 0.05) is 6.04 Å². The van der Waals surface area contributed by atoms with E-state index in [1.165, 1.54) is 5.56 Å². The van der Waals surface area contributed by atoms with Gasteiger partial charge in [-0.3, -0.25) is 0 Å². The molecule has 0 spiro atoms. The second kappa shape index (κ2) is 8.98. The Balaban J connectivity index is 2.35. The summed E-state index contributed by atoms with van der Waals surface area (Å²) >= 11 is 0. The molecule has 0 radical (unpaired) electrons. The minimum atomic E-state index is -0.204. The summed E-state index contributed by atoms with van der Waals surface area (Å²) in [5.41, 5.74) is 1.26. The fourth-order valence-electron chi connectivity index (χ4n) is 1.95. The molecule has 114 valence electrons. The second-order valence-electron chi connectivity index (χ2n) is 5.94. The molecular formula is C17H29NO2. The van der Waals surface area contributed by atoms with Crippen LogP contribution in [0.2, 0.25) is 0 Å². The third-order valence-corrected chi connectivity index (χ3v) is 3.21. The van der Waals surface area contributed by atoms with Crippen molar-refractivity contribution in [1.29, 1.82) is 0 Å². The Hall–Kier alpha value is -1.06. The Morgan fingerprint density at radius 3 is 2.30 bits per heavy atom. The first-order chi connectivity index (χ1) is 9.49. The molecule has 20 heavy (non-hydrogen) atoms. The van der Waals surface area contributed by atoms with Crippen molar-refractivity contribution in [2.24, 2.45) is 5.92 Å². The summed E-state index contributed by atoms with van der Waals surface area (Å²) in [5, 5.41) is 12.7. The number of aliphatic hydroxyl groups is 1. The van der Waals surface area contributed by atoms with E-state index >= 15 is 0 Å². The molecule has 2 atom stereocenters. The zero-order valence-electron chi connectivity index (χ0n) is 13.2. The molecule has 0 aliphatic heterocycles. The van der Waals surface area contributed by atoms with Crippen LogP contribution >= 0.6 is 0 Å². The van der Waals surface area contributed by atoms with Crippen molar-refractivity contribution < 1.29 is 9.84 Å². The molecule has 0 heterocycles. The van der Waals surface area contributed by atoms with Crippen LogP contribution in [-0.2, 0) is 0 Å². The highest BCUT2D eigenvalue weighted by atomic mass is 16.5. The van der Waals surface area contributed by atoms with E-state index in [0.29, 0.717) is 12.0 Å². The number of hydrogen-bond donors (Lipinski definition) is 2. The standard InChI is InChI=1S/C17H29NO2/c1-13(2)12-20-17-9-7-16(8-10-17)15(4)18-11-5-6-14(3)19/h7-10,13-15,18-19H,5-6,11-12H2,1-4H3. The fourth-order valence-corrected chi connectivity index (χ4v) is 1.95. The Kier molecular flexibility index (Phi) is 7.63. The van der Waals surface area contributed by atoms with Gasteiger partial charge in [0.1, 0.15) is 5.75 Å². The fraction of sp³-hybridized carbons (Fsp3) is 0.647. The predicted octanol–water partition coefficient (Wildman–Crippen LogP) is 3.53. The van der Waals surface area contributed by atoms with Crippen LogP contribution in [0, 0.1) is 5.92 Å². The molecule has 0 saturated heterocycles. The number of ether oxygens (including phenoxy) is 1. The van der Waals surface area contributed by atoms with Gasteiger partial charge in [-0.1, -0.05) is 26.0 Å². The van der Waals surface area contributed by atoms with Crippen LogP contribution in [0.1, 0.15) is 52.1 Å². The summed E-state index contributed by atoms with van der Waals surface area (Å²) in [7, 11) is 0. The number of rotatable bonds is 9. The zero-order valence-corrected chi connectivity index (χ0v) is 13.2. The van der Waals surface area contributed by atoms with Crippen molar-refractivity contribution in [3.05, 3.63) is 29.8 Å². The maximum atomic E-state index is 9.21. The molecule has 1 rings (SSSR count). The zero-order chi connectivity index (χ0) is 15.0. The summed E-state index contributed by atoms with van der Waals surface area (Å²) in [6, 6.07) is 8.62. The number of hydrogen-bond acceptors (Lipinski definition) is 3. The minimum absolute atomic E-state index is 0.204. The van der Waals surface area contributed by atoms with Crippen LogP contribution in [-0.4, -0.2) is 24.4 Å². The molecule has 1 aromatic rings. The van der Waals surface area contributed by atoms with Gasteiger partial charge in [-0.05, 0) is 56.8 Å². The molecule has 0 aliphatic carbocycles. The molecule has 0 saturated carbocycles. The van der Waals surface area contributed by atoms with Gasteiger partial charge in [0.05, 0.1) is 12.7 Å². The highest BCUT2D eigenvalue weighted by Crippen LogP contribution is 2.18. The van der Waals surface area contributed by atoms with E-state index in [1.807, 2.05) is 19.1 Å². The lowest BCUT2D eigenvalue weighted by Gasteiger charge is -2.15. The van der Waals surface area contributed by atoms with Crippen molar-refractivity contribution in [1.82, 2.24) is 5.32 Å². The van der Waals surface area contributed by atoms with Gasteiger partial charge in [0.2, 0.25) is 0 Å². The van der Waals surface area contributed by atoms with E-state index in [9.17, 15) is 5.11 Å². The largest absolute Gasteiger partial charge is 0.493 e. The SMILES string of the molecule is CC(C)COc1ccc(C(C)NCCCC(C)O)cc1. The molecule has 0 aliphatic rings. The van der Waals surface area contributed by atoms with Crippen LogP contribution in [0.15, 0.2) is 24.3 Å². The van der Waals surface area contributed by atoms with Gasteiger partial charge in [-0.2, -0.15) is 0 Å². The van der Waals surface area contributed by atoms with Crippen LogP contribution in [0.4, 0.5) is 0 Å². The topological polar surface area (TPSA) is 41.5 Å². The van der Waals surface area contributed by atoms with Gasteiger partial charge in [0.25, 0.3) is 0 Å².